The summed E-state index contributed by atoms with van der Waals surface area (Å²) in [5, 5.41) is 3.47. The molecule has 0 aliphatic carbocycles. The first-order valence-corrected chi connectivity index (χ1v) is 7.45. The van der Waals surface area contributed by atoms with Crippen LogP contribution in [0.2, 0.25) is 0 Å². The molecule has 1 atom stereocenters. The van der Waals surface area contributed by atoms with Gasteiger partial charge in [-0.3, -0.25) is 0 Å². The van der Waals surface area contributed by atoms with Crippen molar-refractivity contribution in [1.82, 2.24) is 5.32 Å². The van der Waals surface area contributed by atoms with Crippen molar-refractivity contribution < 1.29 is 4.74 Å². The van der Waals surface area contributed by atoms with E-state index in [0.29, 0.717) is 6.04 Å². The molecule has 1 rings (SSSR count). The van der Waals surface area contributed by atoms with Crippen molar-refractivity contribution in [2.45, 2.75) is 33.2 Å². The van der Waals surface area contributed by atoms with E-state index in [9.17, 15) is 0 Å². The van der Waals surface area contributed by atoms with Crippen molar-refractivity contribution in [3.05, 3.63) is 34.3 Å². The minimum Gasteiger partial charge on any atom is -0.380 e. The van der Waals surface area contributed by atoms with Gasteiger partial charge in [0.25, 0.3) is 0 Å². The lowest BCUT2D eigenvalue weighted by molar-refractivity contribution is 0.123. The Morgan fingerprint density at radius 3 is 2.67 bits per heavy atom. The lowest BCUT2D eigenvalue weighted by Crippen LogP contribution is -2.23. The molecule has 1 aromatic rings. The van der Waals surface area contributed by atoms with E-state index in [1.54, 1.807) is 0 Å². The van der Waals surface area contributed by atoms with Gasteiger partial charge in [-0.15, -0.1) is 0 Å². The van der Waals surface area contributed by atoms with Crippen LogP contribution in [0.1, 0.15) is 38.8 Å². The molecule has 0 amide bonds. The van der Waals surface area contributed by atoms with Crippen LogP contribution in [0.4, 0.5) is 0 Å². The topological polar surface area (TPSA) is 21.3 Å². The predicted molar refractivity (Wildman–Crippen MR) is 80.8 cm³/mol. The fraction of sp³-hybridized carbons (Fsp3) is 0.600. The number of benzene rings is 1. The Morgan fingerprint density at radius 2 is 2.00 bits per heavy atom. The lowest BCUT2D eigenvalue weighted by Gasteiger charge is -2.15. The van der Waals surface area contributed by atoms with Gasteiger partial charge in [0.15, 0.2) is 0 Å². The van der Waals surface area contributed by atoms with Crippen molar-refractivity contribution in [3.63, 3.8) is 0 Å². The van der Waals surface area contributed by atoms with Crippen LogP contribution in [0.3, 0.4) is 0 Å². The molecule has 1 unspecified atom stereocenters. The summed E-state index contributed by atoms with van der Waals surface area (Å²) in [7, 11) is 0. The van der Waals surface area contributed by atoms with E-state index in [-0.39, 0.29) is 0 Å². The molecule has 3 heteroatoms. The average Bonchev–Trinajstić information content (AvgIpc) is 2.33. The second-order valence-corrected chi connectivity index (χ2v) is 5.94. The molecule has 0 heterocycles. The van der Waals surface area contributed by atoms with Crippen molar-refractivity contribution in [2.75, 3.05) is 19.8 Å². The molecule has 1 aromatic carbocycles. The molecule has 2 nitrogen and oxygen atoms in total. The van der Waals surface area contributed by atoms with Crippen molar-refractivity contribution in [2.24, 2.45) is 5.92 Å². The summed E-state index contributed by atoms with van der Waals surface area (Å²) in [6, 6.07) is 8.76. The van der Waals surface area contributed by atoms with Gasteiger partial charge in [-0.05, 0) is 37.0 Å². The fourth-order valence-corrected chi connectivity index (χ4v) is 2.08. The Kier molecular flexibility index (Phi) is 7.56. The van der Waals surface area contributed by atoms with Crippen molar-refractivity contribution >= 4 is 15.9 Å². The maximum atomic E-state index is 5.58. The molecule has 18 heavy (non-hydrogen) atoms. The van der Waals surface area contributed by atoms with Gasteiger partial charge in [-0.25, -0.2) is 0 Å². The molecular weight excluding hydrogens is 290 g/mol. The number of hydrogen-bond acceptors (Lipinski definition) is 2. The summed E-state index contributed by atoms with van der Waals surface area (Å²) in [6.07, 6.45) is 1.14. The summed E-state index contributed by atoms with van der Waals surface area (Å²) < 4.78 is 6.71. The molecule has 0 aromatic heterocycles. The van der Waals surface area contributed by atoms with E-state index in [2.05, 4.69) is 60.2 Å². The number of rotatable bonds is 8. The zero-order valence-corrected chi connectivity index (χ0v) is 13.2. The maximum Gasteiger partial charge on any atom is 0.0591 e. The average molecular weight is 314 g/mol. The first-order chi connectivity index (χ1) is 8.59. The second kappa shape index (κ2) is 8.68. The zero-order chi connectivity index (χ0) is 13.4. The first kappa shape index (κ1) is 15.7. The molecule has 1 N–H and O–H groups in total. The number of ether oxygens (including phenoxy) is 1. The Balaban J connectivity index is 2.15. The molecule has 0 aliphatic heterocycles. The minimum absolute atomic E-state index is 0.358. The van der Waals surface area contributed by atoms with Gasteiger partial charge in [0, 0.05) is 23.7 Å². The third kappa shape index (κ3) is 6.53. The summed E-state index contributed by atoms with van der Waals surface area (Å²) in [6.45, 7) is 9.16. The Labute approximate surface area is 119 Å². The van der Waals surface area contributed by atoms with E-state index < -0.39 is 0 Å². The summed E-state index contributed by atoms with van der Waals surface area (Å²) in [5.74, 6) is 0.721. The highest BCUT2D eigenvalue weighted by molar-refractivity contribution is 9.10. The van der Waals surface area contributed by atoms with E-state index >= 15 is 0 Å². The molecule has 0 aliphatic rings. The first-order valence-electron chi connectivity index (χ1n) is 6.66. The smallest absolute Gasteiger partial charge is 0.0591 e. The normalized spacial score (nSPS) is 12.9. The third-order valence-corrected chi connectivity index (χ3v) is 3.38. The zero-order valence-electron chi connectivity index (χ0n) is 11.6. The second-order valence-electron chi connectivity index (χ2n) is 5.03. The maximum absolute atomic E-state index is 5.58. The standard InChI is InChI=1S/C15H24BrNO/c1-12(2)7-9-18-10-8-17-13(3)14-5-4-6-15(16)11-14/h4-6,11-13,17H,7-10H2,1-3H3. The van der Waals surface area contributed by atoms with Crippen LogP contribution in [0.25, 0.3) is 0 Å². The van der Waals surface area contributed by atoms with Crippen LogP contribution in [0, 0.1) is 5.92 Å². The number of halogens is 1. The van der Waals surface area contributed by atoms with Crippen LogP contribution in [-0.4, -0.2) is 19.8 Å². The number of hydrogen-bond donors (Lipinski definition) is 1. The molecule has 0 radical (unpaired) electrons. The van der Waals surface area contributed by atoms with Gasteiger partial charge in [0.1, 0.15) is 0 Å². The SMILES string of the molecule is CC(C)CCOCCNC(C)c1cccc(Br)c1. The highest BCUT2D eigenvalue weighted by Gasteiger charge is 2.04. The summed E-state index contributed by atoms with van der Waals surface area (Å²) in [5.41, 5.74) is 1.30. The minimum atomic E-state index is 0.358. The molecular formula is C15H24BrNO. The van der Waals surface area contributed by atoms with Crippen molar-refractivity contribution in [3.8, 4) is 0 Å². The van der Waals surface area contributed by atoms with Gasteiger partial charge in [0.05, 0.1) is 6.61 Å². The largest absolute Gasteiger partial charge is 0.380 e. The van der Waals surface area contributed by atoms with Crippen LogP contribution in [0.5, 0.6) is 0 Å². The third-order valence-electron chi connectivity index (χ3n) is 2.89. The van der Waals surface area contributed by atoms with Gasteiger partial charge in [-0.1, -0.05) is 41.9 Å². The highest BCUT2D eigenvalue weighted by atomic mass is 79.9. The Hall–Kier alpha value is -0.380. The quantitative estimate of drug-likeness (QED) is 0.727. The van der Waals surface area contributed by atoms with E-state index in [0.717, 1.165) is 36.6 Å². The van der Waals surface area contributed by atoms with E-state index in [1.165, 1.54) is 5.56 Å². The van der Waals surface area contributed by atoms with Crippen LogP contribution < -0.4 is 5.32 Å². The molecule has 0 spiro atoms. The van der Waals surface area contributed by atoms with Crippen LogP contribution >= 0.6 is 15.9 Å². The van der Waals surface area contributed by atoms with Gasteiger partial charge in [-0.2, -0.15) is 0 Å². The highest BCUT2D eigenvalue weighted by Crippen LogP contribution is 2.17. The Morgan fingerprint density at radius 1 is 1.22 bits per heavy atom. The Bertz CT molecular complexity index is 341. The van der Waals surface area contributed by atoms with Crippen LogP contribution in [0.15, 0.2) is 28.7 Å². The van der Waals surface area contributed by atoms with E-state index in [1.807, 2.05) is 6.07 Å². The molecule has 0 saturated carbocycles. The lowest BCUT2D eigenvalue weighted by atomic mass is 10.1. The fourth-order valence-electron chi connectivity index (χ4n) is 1.66. The summed E-state index contributed by atoms with van der Waals surface area (Å²) >= 11 is 3.49. The summed E-state index contributed by atoms with van der Waals surface area (Å²) in [4.78, 5) is 0. The molecule has 0 bridgehead atoms. The predicted octanol–water partition coefficient (Wildman–Crippen LogP) is 4.16. The molecule has 0 saturated heterocycles. The molecule has 102 valence electrons. The van der Waals surface area contributed by atoms with Gasteiger partial charge in [0.2, 0.25) is 0 Å². The van der Waals surface area contributed by atoms with Crippen molar-refractivity contribution in [1.29, 1.82) is 0 Å². The van der Waals surface area contributed by atoms with E-state index in [4.69, 9.17) is 4.74 Å². The van der Waals surface area contributed by atoms with Crippen LogP contribution in [-0.2, 0) is 4.74 Å². The monoisotopic (exact) mass is 313 g/mol. The molecule has 0 fully saturated rings. The van der Waals surface area contributed by atoms with Gasteiger partial charge < -0.3 is 10.1 Å². The van der Waals surface area contributed by atoms with Gasteiger partial charge >= 0.3 is 0 Å². The number of nitrogens with one attached hydrogen (secondary N) is 1.